The molecule has 11 rings (SSSR count). The minimum absolute atomic E-state index is 0.00658. The van der Waals surface area contributed by atoms with Gasteiger partial charge in [0.25, 0.3) is 0 Å². The minimum atomic E-state index is -1.13. The maximum atomic E-state index is 13.4. The predicted octanol–water partition coefficient (Wildman–Crippen LogP) is 16.4. The number of allylic oxidation sites excluding steroid dienone is 1. The molecule has 0 amide bonds. The number of nitrogens with zero attached hydrogens (tertiary/aromatic N) is 1. The number of thiophene rings is 3. The monoisotopic (exact) mass is 923 g/mol. The van der Waals surface area contributed by atoms with E-state index in [1.165, 1.54) is 141 Å². The molecule has 1 fully saturated rings. The number of carboxylic acids is 1. The van der Waals surface area contributed by atoms with Gasteiger partial charge >= 0.3 is 5.97 Å². The van der Waals surface area contributed by atoms with E-state index in [1.54, 1.807) is 34.3 Å². The van der Waals surface area contributed by atoms with Gasteiger partial charge in [-0.3, -0.25) is 9.59 Å². The summed E-state index contributed by atoms with van der Waals surface area (Å²) in [6.07, 6.45) is 12.7. The molecule has 3 aromatic heterocycles. The molecule has 4 heterocycles. The van der Waals surface area contributed by atoms with Crippen LogP contribution in [-0.4, -0.2) is 28.7 Å². The Balaban J connectivity index is 0.885. The number of fused-ring (bicyclic) bond motifs is 7. The molecule has 2 unspecified atom stereocenters. The molecular weight excluding hydrogens is 871 g/mol. The SMILES string of the molecule is CCCCC1(CCCC)c2ccccc2-c2cc(N3c4ccc(-c5cc(C)c(-c6sc(-c7cc(C)c(/C=C8\C(=O)c9ccc(C(=O)O)cc9C8=O)s7)cc6C)s5)cc4C4CCCC43)ccc21. The Morgan fingerprint density at radius 2 is 1.38 bits per heavy atom. The van der Waals surface area contributed by atoms with E-state index < -0.39 is 11.8 Å². The second-order valence-corrected chi connectivity index (χ2v) is 22.2. The van der Waals surface area contributed by atoms with Gasteiger partial charge in [-0.1, -0.05) is 82.3 Å². The van der Waals surface area contributed by atoms with Crippen molar-refractivity contribution in [2.24, 2.45) is 0 Å². The van der Waals surface area contributed by atoms with Gasteiger partial charge < -0.3 is 10.0 Å². The second-order valence-electron chi connectivity index (χ2n) is 19.0. The first-order chi connectivity index (χ1) is 32.0. The second kappa shape index (κ2) is 16.6. The zero-order chi connectivity index (χ0) is 45.6. The third-order valence-corrected chi connectivity index (χ3v) is 19.1. The van der Waals surface area contributed by atoms with Crippen LogP contribution in [0, 0.1) is 20.8 Å². The molecule has 1 saturated carbocycles. The zero-order valence-corrected chi connectivity index (χ0v) is 40.6. The number of aryl methyl sites for hydroxylation is 3. The number of rotatable bonds is 12. The number of Topliss-reactive ketones (excluding diaryl/α,β-unsaturated/α-hetero) is 2. The van der Waals surface area contributed by atoms with Crippen molar-refractivity contribution in [1.82, 2.24) is 0 Å². The first-order valence-electron chi connectivity index (χ1n) is 23.7. The van der Waals surface area contributed by atoms with E-state index in [4.69, 9.17) is 0 Å². The van der Waals surface area contributed by atoms with E-state index in [0.717, 1.165) is 20.2 Å². The predicted molar refractivity (Wildman–Crippen MR) is 275 cm³/mol. The molecule has 1 aliphatic heterocycles. The quantitative estimate of drug-likeness (QED) is 0.0976. The Kier molecular flexibility index (Phi) is 10.8. The Morgan fingerprint density at radius 3 is 2.14 bits per heavy atom. The highest BCUT2D eigenvalue weighted by atomic mass is 32.1. The van der Waals surface area contributed by atoms with Gasteiger partial charge in [-0.25, -0.2) is 4.79 Å². The summed E-state index contributed by atoms with van der Waals surface area (Å²) in [5.74, 6) is -1.39. The van der Waals surface area contributed by atoms with Crippen LogP contribution in [0.3, 0.4) is 0 Å². The van der Waals surface area contributed by atoms with Gasteiger partial charge in [0, 0.05) is 69.1 Å². The number of anilines is 2. The molecule has 5 nitrogen and oxygen atoms in total. The van der Waals surface area contributed by atoms with Crippen molar-refractivity contribution in [2.75, 3.05) is 4.90 Å². The van der Waals surface area contributed by atoms with Crippen molar-refractivity contribution in [1.29, 1.82) is 0 Å². The fourth-order valence-electron chi connectivity index (χ4n) is 11.7. The summed E-state index contributed by atoms with van der Waals surface area (Å²) in [6.45, 7) is 11.1. The summed E-state index contributed by atoms with van der Waals surface area (Å²) >= 11 is 5.25. The topological polar surface area (TPSA) is 74.7 Å². The average Bonchev–Trinajstić information content (AvgIpc) is 4.20. The van der Waals surface area contributed by atoms with Gasteiger partial charge in [0.1, 0.15) is 0 Å². The highest BCUT2D eigenvalue weighted by Crippen LogP contribution is 2.58. The van der Waals surface area contributed by atoms with Crippen molar-refractivity contribution >= 4 is 69.0 Å². The molecule has 8 heteroatoms. The molecule has 66 heavy (non-hydrogen) atoms. The van der Waals surface area contributed by atoms with Crippen molar-refractivity contribution in [3.63, 3.8) is 0 Å². The average molecular weight is 924 g/mol. The maximum absolute atomic E-state index is 13.4. The van der Waals surface area contributed by atoms with Crippen LogP contribution in [0.1, 0.15) is 147 Å². The van der Waals surface area contributed by atoms with E-state index in [9.17, 15) is 19.5 Å². The Bertz CT molecular complexity index is 3180. The van der Waals surface area contributed by atoms with E-state index in [1.807, 2.05) is 18.3 Å². The molecule has 332 valence electrons. The van der Waals surface area contributed by atoms with Gasteiger partial charge in [0.05, 0.1) is 11.1 Å². The van der Waals surface area contributed by atoms with Crippen LogP contribution >= 0.6 is 34.0 Å². The number of benzene rings is 4. The van der Waals surface area contributed by atoms with Crippen LogP contribution in [0.2, 0.25) is 0 Å². The Hall–Kier alpha value is -5.67. The van der Waals surface area contributed by atoms with E-state index >= 15 is 0 Å². The lowest BCUT2D eigenvalue weighted by Gasteiger charge is -2.33. The smallest absolute Gasteiger partial charge is 0.335 e. The maximum Gasteiger partial charge on any atom is 0.335 e. The molecule has 4 aliphatic rings. The number of ketones is 2. The minimum Gasteiger partial charge on any atom is -0.478 e. The van der Waals surface area contributed by atoms with Crippen LogP contribution in [0.5, 0.6) is 0 Å². The van der Waals surface area contributed by atoms with Crippen LogP contribution in [0.4, 0.5) is 11.4 Å². The Morgan fingerprint density at radius 1 is 0.697 bits per heavy atom. The van der Waals surface area contributed by atoms with Crippen LogP contribution < -0.4 is 4.90 Å². The molecule has 7 aromatic rings. The first-order valence-corrected chi connectivity index (χ1v) is 26.1. The molecule has 3 aliphatic carbocycles. The summed E-state index contributed by atoms with van der Waals surface area (Å²) in [4.78, 5) is 47.9. The third kappa shape index (κ3) is 6.77. The molecule has 0 spiro atoms. The van der Waals surface area contributed by atoms with Crippen LogP contribution in [-0.2, 0) is 5.41 Å². The van der Waals surface area contributed by atoms with Crippen molar-refractivity contribution in [3.8, 4) is 41.1 Å². The lowest BCUT2D eigenvalue weighted by molar-refractivity contribution is 0.0696. The van der Waals surface area contributed by atoms with E-state index in [0.29, 0.717) is 12.0 Å². The van der Waals surface area contributed by atoms with E-state index in [2.05, 4.69) is 111 Å². The Labute approximate surface area is 399 Å². The highest BCUT2D eigenvalue weighted by molar-refractivity contribution is 7.27. The number of hydrogen-bond donors (Lipinski definition) is 1. The van der Waals surface area contributed by atoms with Crippen molar-refractivity contribution < 1.29 is 19.5 Å². The fourth-order valence-corrected chi connectivity index (χ4v) is 15.5. The van der Waals surface area contributed by atoms with Crippen LogP contribution in [0.25, 0.3) is 47.2 Å². The first kappa shape index (κ1) is 42.9. The summed E-state index contributed by atoms with van der Waals surface area (Å²) in [7, 11) is 0. The molecule has 0 saturated heterocycles. The van der Waals surface area contributed by atoms with E-state index in [-0.39, 0.29) is 33.5 Å². The summed E-state index contributed by atoms with van der Waals surface area (Å²) in [5, 5.41) is 9.45. The number of carbonyl (C=O) groups excluding carboxylic acids is 2. The van der Waals surface area contributed by atoms with Gasteiger partial charge in [-0.15, -0.1) is 34.0 Å². The normalized spacial score (nSPS) is 18.3. The summed E-state index contributed by atoms with van der Waals surface area (Å²) < 4.78 is 0. The summed E-state index contributed by atoms with van der Waals surface area (Å²) in [6, 6.07) is 35.4. The number of carbonyl (C=O) groups is 3. The standard InChI is InChI=1S/C58H53NO4S3/c1-6-8-23-58(24-9-7-2)45-15-11-10-13-38(45)41-30-37(19-21-46(41)58)59-47-16-12-14-39(47)42-28-35(18-22-48(42)59)50-26-33(4)55(65-50)56-34(5)27-52(66-56)51-25-32(3)49(64-51)31-44-53(60)40-20-17-36(57(62)63)29-43(40)54(44)61/h10-11,13,15,17-22,25-31,39,47H,6-9,12,14,16,23-24H2,1-5H3,(H,62,63)/b44-31+. The molecule has 0 bridgehead atoms. The largest absolute Gasteiger partial charge is 0.478 e. The fraction of sp³-hybridized carbons (Fsp3) is 0.293. The summed E-state index contributed by atoms with van der Waals surface area (Å²) in [5.41, 5.74) is 15.5. The number of carboxylic acid groups (broad SMARTS) is 1. The third-order valence-electron chi connectivity index (χ3n) is 15.0. The lowest BCUT2D eigenvalue weighted by atomic mass is 9.71. The van der Waals surface area contributed by atoms with Gasteiger partial charge in [-0.05, 0) is 163 Å². The molecule has 4 aromatic carbocycles. The molecular formula is C58H53NO4S3. The van der Waals surface area contributed by atoms with Crippen molar-refractivity contribution in [2.45, 2.75) is 110 Å². The zero-order valence-electron chi connectivity index (χ0n) is 38.2. The van der Waals surface area contributed by atoms with Gasteiger partial charge in [0.2, 0.25) is 0 Å². The van der Waals surface area contributed by atoms with Crippen LogP contribution in [0.15, 0.2) is 103 Å². The number of aromatic carboxylic acids is 1. The van der Waals surface area contributed by atoms with Gasteiger partial charge in [0.15, 0.2) is 11.6 Å². The molecule has 1 N–H and O–H groups in total. The molecule has 0 radical (unpaired) electrons. The van der Waals surface area contributed by atoms with Gasteiger partial charge in [-0.2, -0.15) is 0 Å². The molecule has 2 atom stereocenters. The van der Waals surface area contributed by atoms with Crippen molar-refractivity contribution in [3.05, 3.63) is 158 Å². The number of unbranched alkanes of at least 4 members (excludes halogenated alkanes) is 2. The lowest BCUT2D eigenvalue weighted by Crippen LogP contribution is -2.27. The highest BCUT2D eigenvalue weighted by Gasteiger charge is 2.45. The number of hydrogen-bond acceptors (Lipinski definition) is 7.